The highest BCUT2D eigenvalue weighted by molar-refractivity contribution is 9.10. The number of rotatable bonds is 4. The van der Waals surface area contributed by atoms with Crippen molar-refractivity contribution in [3.8, 4) is 0 Å². The maximum Gasteiger partial charge on any atom is 0.328 e. The molecule has 0 saturated heterocycles. The molecule has 2 rings (SSSR count). The lowest BCUT2D eigenvalue weighted by atomic mass is 10.3. The van der Waals surface area contributed by atoms with E-state index in [1.807, 2.05) is 0 Å². The Kier molecular flexibility index (Phi) is 3.70. The van der Waals surface area contributed by atoms with Gasteiger partial charge in [-0.25, -0.2) is 4.79 Å². The molecule has 1 aliphatic carbocycles. The monoisotopic (exact) mass is 315 g/mol. The summed E-state index contributed by atoms with van der Waals surface area (Å²) in [6.45, 7) is 2.70. The normalized spacial score (nSPS) is 21.7. The summed E-state index contributed by atoms with van der Waals surface area (Å²) in [5.74, 6) is 1.01. The first-order valence-corrected chi connectivity index (χ1v) is 6.52. The van der Waals surface area contributed by atoms with Crippen LogP contribution in [0.1, 0.15) is 13.3 Å². The first-order valence-electron chi connectivity index (χ1n) is 5.73. The molecule has 0 radical (unpaired) electrons. The van der Waals surface area contributed by atoms with E-state index in [0.29, 0.717) is 18.4 Å². The molecule has 1 fully saturated rings. The number of nitrogens with one attached hydrogen (secondary N) is 2. The van der Waals surface area contributed by atoms with Crippen LogP contribution < -0.4 is 16.6 Å². The zero-order valence-corrected chi connectivity index (χ0v) is 11.5. The Morgan fingerprint density at radius 2 is 2.28 bits per heavy atom. The van der Waals surface area contributed by atoms with Crippen molar-refractivity contribution in [1.29, 1.82) is 0 Å². The van der Waals surface area contributed by atoms with Gasteiger partial charge in [0.2, 0.25) is 5.91 Å². The molecule has 6 nitrogen and oxygen atoms in total. The molecule has 1 aliphatic rings. The average molecular weight is 316 g/mol. The number of aromatic nitrogens is 2. The second-order valence-corrected chi connectivity index (χ2v) is 5.50. The fourth-order valence-corrected chi connectivity index (χ4v) is 2.09. The van der Waals surface area contributed by atoms with E-state index in [2.05, 4.69) is 33.2 Å². The zero-order chi connectivity index (χ0) is 13.3. The summed E-state index contributed by atoms with van der Waals surface area (Å²) in [5.41, 5.74) is -1.08. The van der Waals surface area contributed by atoms with Crippen LogP contribution in [-0.2, 0) is 11.3 Å². The van der Waals surface area contributed by atoms with Crippen LogP contribution in [0.25, 0.3) is 0 Å². The van der Waals surface area contributed by atoms with Crippen LogP contribution in [0.15, 0.2) is 20.3 Å². The van der Waals surface area contributed by atoms with Crippen LogP contribution in [0.5, 0.6) is 0 Å². The van der Waals surface area contributed by atoms with Crippen LogP contribution in [0.3, 0.4) is 0 Å². The number of hydrogen-bond acceptors (Lipinski definition) is 3. The number of amides is 1. The lowest BCUT2D eigenvalue weighted by Gasteiger charge is -2.06. The summed E-state index contributed by atoms with van der Waals surface area (Å²) in [7, 11) is 0. The van der Waals surface area contributed by atoms with Gasteiger partial charge in [0.15, 0.2) is 0 Å². The predicted octanol–water partition coefficient (Wildman–Crippen LogP) is 0.0713. The first kappa shape index (κ1) is 13.1. The van der Waals surface area contributed by atoms with E-state index < -0.39 is 11.2 Å². The summed E-state index contributed by atoms with van der Waals surface area (Å²) in [4.78, 5) is 36.3. The Labute approximate surface area is 112 Å². The van der Waals surface area contributed by atoms with Gasteiger partial charge in [-0.1, -0.05) is 6.92 Å². The Hall–Kier alpha value is -1.37. The largest absolute Gasteiger partial charge is 0.354 e. The number of H-pyrrole nitrogens is 1. The number of carbonyl (C=O) groups is 1. The molecule has 0 aromatic carbocycles. The van der Waals surface area contributed by atoms with Crippen molar-refractivity contribution in [2.75, 3.05) is 6.54 Å². The summed E-state index contributed by atoms with van der Waals surface area (Å²) >= 11 is 3.02. The molecule has 1 amide bonds. The lowest BCUT2D eigenvalue weighted by molar-refractivity contribution is -0.121. The molecule has 2 atom stereocenters. The molecule has 0 aliphatic heterocycles. The van der Waals surface area contributed by atoms with E-state index >= 15 is 0 Å². The molecule has 1 saturated carbocycles. The van der Waals surface area contributed by atoms with Crippen LogP contribution >= 0.6 is 15.9 Å². The van der Waals surface area contributed by atoms with Gasteiger partial charge in [-0.3, -0.25) is 19.1 Å². The van der Waals surface area contributed by atoms with Crippen molar-refractivity contribution in [3.05, 3.63) is 31.5 Å². The minimum atomic E-state index is -0.585. The van der Waals surface area contributed by atoms with Crippen molar-refractivity contribution in [2.45, 2.75) is 19.9 Å². The molecule has 1 aromatic heterocycles. The van der Waals surface area contributed by atoms with Gasteiger partial charge in [0.05, 0.1) is 4.47 Å². The minimum absolute atomic E-state index is 0.0880. The molecule has 0 unspecified atom stereocenters. The van der Waals surface area contributed by atoms with Gasteiger partial charge >= 0.3 is 5.69 Å². The third-order valence-electron chi connectivity index (χ3n) is 3.12. The van der Waals surface area contributed by atoms with E-state index in [-0.39, 0.29) is 16.9 Å². The molecule has 18 heavy (non-hydrogen) atoms. The highest BCUT2D eigenvalue weighted by Gasteiger charge is 2.32. The van der Waals surface area contributed by atoms with Crippen molar-refractivity contribution in [2.24, 2.45) is 11.8 Å². The van der Waals surface area contributed by atoms with Gasteiger partial charge in [-0.05, 0) is 34.2 Å². The Morgan fingerprint density at radius 3 is 2.89 bits per heavy atom. The maximum atomic E-state index is 11.6. The van der Waals surface area contributed by atoms with Gasteiger partial charge in [0.1, 0.15) is 6.54 Å². The highest BCUT2D eigenvalue weighted by atomic mass is 79.9. The number of aromatic amines is 1. The number of hydrogen-bond donors (Lipinski definition) is 2. The van der Waals surface area contributed by atoms with Gasteiger partial charge in [0.25, 0.3) is 5.56 Å². The van der Waals surface area contributed by atoms with E-state index in [0.717, 1.165) is 11.0 Å². The molecule has 7 heteroatoms. The summed E-state index contributed by atoms with van der Waals surface area (Å²) in [5, 5.41) is 2.78. The Morgan fingerprint density at radius 1 is 1.61 bits per heavy atom. The van der Waals surface area contributed by atoms with Crippen molar-refractivity contribution < 1.29 is 4.79 Å². The van der Waals surface area contributed by atoms with Crippen LogP contribution in [-0.4, -0.2) is 22.0 Å². The van der Waals surface area contributed by atoms with Crippen LogP contribution in [0, 0.1) is 11.8 Å². The third kappa shape index (κ3) is 3.10. The summed E-state index contributed by atoms with van der Waals surface area (Å²) < 4.78 is 1.39. The number of carbonyl (C=O) groups excluding carboxylic acids is 1. The van der Waals surface area contributed by atoms with Gasteiger partial charge < -0.3 is 5.32 Å². The summed E-state index contributed by atoms with van der Waals surface area (Å²) in [6, 6.07) is 0. The smallest absolute Gasteiger partial charge is 0.328 e. The predicted molar refractivity (Wildman–Crippen MR) is 69.3 cm³/mol. The molecule has 0 spiro atoms. The second-order valence-electron chi connectivity index (χ2n) is 4.64. The minimum Gasteiger partial charge on any atom is -0.354 e. The SMILES string of the molecule is C[C@H]1C[C@H]1CNC(=O)Cn1cc(Br)c(=O)[nH]c1=O. The van der Waals surface area contributed by atoms with E-state index in [4.69, 9.17) is 0 Å². The number of nitrogens with zero attached hydrogens (tertiary/aromatic N) is 1. The quantitative estimate of drug-likeness (QED) is 0.824. The Bertz CT molecular complexity index is 578. The Balaban J connectivity index is 1.96. The average Bonchev–Trinajstić information content (AvgIpc) is 3.00. The molecule has 1 heterocycles. The van der Waals surface area contributed by atoms with Crippen LogP contribution in [0.4, 0.5) is 0 Å². The van der Waals surface area contributed by atoms with Crippen molar-refractivity contribution >= 4 is 21.8 Å². The lowest BCUT2D eigenvalue weighted by Crippen LogP contribution is -2.36. The van der Waals surface area contributed by atoms with E-state index in [1.165, 1.54) is 6.20 Å². The molecule has 1 aromatic rings. The van der Waals surface area contributed by atoms with Gasteiger partial charge in [-0.15, -0.1) is 0 Å². The molecule has 2 N–H and O–H groups in total. The van der Waals surface area contributed by atoms with Crippen molar-refractivity contribution in [3.63, 3.8) is 0 Å². The zero-order valence-electron chi connectivity index (χ0n) is 9.90. The fraction of sp³-hybridized carbons (Fsp3) is 0.545. The molecular weight excluding hydrogens is 302 g/mol. The van der Waals surface area contributed by atoms with E-state index in [9.17, 15) is 14.4 Å². The fourth-order valence-electron chi connectivity index (χ4n) is 1.74. The first-order chi connectivity index (χ1) is 8.47. The topological polar surface area (TPSA) is 84.0 Å². The molecule has 98 valence electrons. The van der Waals surface area contributed by atoms with Gasteiger partial charge in [0, 0.05) is 12.7 Å². The highest BCUT2D eigenvalue weighted by Crippen LogP contribution is 2.36. The summed E-state index contributed by atoms with van der Waals surface area (Å²) in [6.07, 6.45) is 2.46. The second kappa shape index (κ2) is 5.09. The van der Waals surface area contributed by atoms with Crippen LogP contribution in [0.2, 0.25) is 0 Å². The van der Waals surface area contributed by atoms with Crippen molar-refractivity contribution in [1.82, 2.24) is 14.9 Å². The molecular formula is C11H14BrN3O3. The maximum absolute atomic E-state index is 11.6. The molecule has 0 bridgehead atoms. The number of halogens is 1. The standard InChI is InChI=1S/C11H14BrN3O3/c1-6-2-7(6)3-13-9(16)5-15-4-8(12)10(17)14-11(15)18/h4,6-7H,2-3,5H2,1H3,(H,13,16)(H,14,17,18)/t6-,7-/m0/s1. The third-order valence-corrected chi connectivity index (χ3v) is 3.68. The van der Waals surface area contributed by atoms with Gasteiger partial charge in [-0.2, -0.15) is 0 Å². The van der Waals surface area contributed by atoms with E-state index in [1.54, 1.807) is 0 Å².